The second kappa shape index (κ2) is 4.84. The molecule has 116 valence electrons. The Labute approximate surface area is 142 Å². The van der Waals surface area contributed by atoms with Gasteiger partial charge in [0, 0.05) is 5.56 Å². The Kier molecular flexibility index (Phi) is 2.84. The number of fused-ring (bicyclic) bond motifs is 3. The van der Waals surface area contributed by atoms with E-state index >= 15 is 0 Å². The Morgan fingerprint density at radius 2 is 1.83 bits per heavy atom. The van der Waals surface area contributed by atoms with Crippen molar-refractivity contribution in [3.05, 3.63) is 60.4 Å². The molecule has 0 N–H and O–H groups in total. The summed E-state index contributed by atoms with van der Waals surface area (Å²) in [5, 5.41) is 6.97. The van der Waals surface area contributed by atoms with Gasteiger partial charge in [-0.05, 0) is 65.6 Å². The van der Waals surface area contributed by atoms with Crippen molar-refractivity contribution >= 4 is 40.2 Å². The van der Waals surface area contributed by atoms with Crippen molar-refractivity contribution in [1.29, 1.82) is 0 Å². The first-order chi connectivity index (χ1) is 11.7. The maximum atomic E-state index is 4.66. The molecule has 2 heterocycles. The van der Waals surface area contributed by atoms with Gasteiger partial charge in [0.2, 0.25) is 0 Å². The Bertz CT molecular complexity index is 1150. The lowest BCUT2D eigenvalue weighted by atomic mass is 9.95. The number of aromatic nitrogens is 2. The zero-order valence-corrected chi connectivity index (χ0v) is 14.9. The number of hydrogen-bond donors (Lipinski definition) is 0. The second-order valence-corrected chi connectivity index (χ2v) is 8.63. The summed E-state index contributed by atoms with van der Waals surface area (Å²) in [6.45, 7) is 4.65. The Morgan fingerprint density at radius 1 is 1.00 bits per heavy atom. The number of hydrogen-bond acceptors (Lipinski definition) is 1. The average Bonchev–Trinajstić information content (AvgIpc) is 2.61. The number of rotatable bonds is 0. The molecule has 0 spiro atoms. The van der Waals surface area contributed by atoms with E-state index in [0.717, 1.165) is 5.52 Å². The van der Waals surface area contributed by atoms with E-state index in [9.17, 15) is 0 Å². The van der Waals surface area contributed by atoms with E-state index in [-0.39, 0.29) is 7.92 Å². The maximum absolute atomic E-state index is 4.66. The van der Waals surface area contributed by atoms with Gasteiger partial charge in [0.05, 0.1) is 12.4 Å². The van der Waals surface area contributed by atoms with E-state index in [1.54, 1.807) is 0 Å². The summed E-state index contributed by atoms with van der Waals surface area (Å²) >= 11 is 0. The molecule has 0 amide bonds. The van der Waals surface area contributed by atoms with Gasteiger partial charge in [0.15, 0.2) is 5.52 Å². The minimum absolute atomic E-state index is 0.368. The van der Waals surface area contributed by atoms with Crippen LogP contribution in [-0.4, -0.2) is 11.6 Å². The minimum atomic E-state index is -0.368. The molecule has 3 aromatic carbocycles. The van der Waals surface area contributed by atoms with E-state index in [2.05, 4.69) is 78.7 Å². The minimum Gasteiger partial charge on any atom is -0.232 e. The van der Waals surface area contributed by atoms with Gasteiger partial charge in [-0.3, -0.25) is 0 Å². The van der Waals surface area contributed by atoms with Crippen molar-refractivity contribution in [1.82, 2.24) is 4.98 Å². The highest BCUT2D eigenvalue weighted by Crippen LogP contribution is 2.44. The van der Waals surface area contributed by atoms with Gasteiger partial charge >= 0.3 is 0 Å². The summed E-state index contributed by atoms with van der Waals surface area (Å²) in [6, 6.07) is 17.7. The highest BCUT2D eigenvalue weighted by atomic mass is 31.1. The largest absolute Gasteiger partial charge is 0.287 e. The molecular formula is C21H18N2P+. The van der Waals surface area contributed by atoms with Gasteiger partial charge in [-0.25, -0.2) is 4.57 Å². The quantitative estimate of drug-likeness (QED) is 0.356. The van der Waals surface area contributed by atoms with Gasteiger partial charge in [0.1, 0.15) is 5.69 Å². The van der Waals surface area contributed by atoms with Crippen LogP contribution >= 0.6 is 7.92 Å². The zero-order valence-electron chi connectivity index (χ0n) is 14.0. The molecule has 1 atom stereocenters. The van der Waals surface area contributed by atoms with Crippen LogP contribution in [0.1, 0.15) is 5.56 Å². The lowest BCUT2D eigenvalue weighted by Gasteiger charge is -2.27. The van der Waals surface area contributed by atoms with Crippen LogP contribution in [0.4, 0.5) is 0 Å². The molecule has 3 heteroatoms. The molecular weight excluding hydrogens is 311 g/mol. The highest BCUT2D eigenvalue weighted by Gasteiger charge is 2.31. The first kappa shape index (κ1) is 14.1. The summed E-state index contributed by atoms with van der Waals surface area (Å²) < 4.78 is 2.19. The van der Waals surface area contributed by atoms with Gasteiger partial charge in [-0.1, -0.05) is 36.4 Å². The predicted octanol–water partition coefficient (Wildman–Crippen LogP) is 3.56. The summed E-state index contributed by atoms with van der Waals surface area (Å²) in [4.78, 5) is 4.66. The fourth-order valence-electron chi connectivity index (χ4n) is 4.05. The highest BCUT2D eigenvalue weighted by molar-refractivity contribution is 7.73. The molecule has 1 aliphatic heterocycles. The summed E-state index contributed by atoms with van der Waals surface area (Å²) in [6.07, 6.45) is 1.95. The van der Waals surface area contributed by atoms with Gasteiger partial charge in [-0.15, -0.1) is 0 Å². The number of benzene rings is 3. The van der Waals surface area contributed by atoms with Gasteiger partial charge in [-0.2, -0.15) is 0 Å². The van der Waals surface area contributed by atoms with Crippen LogP contribution in [0.25, 0.3) is 32.9 Å². The lowest BCUT2D eigenvalue weighted by Crippen LogP contribution is -2.37. The normalized spacial score (nSPS) is 15.7. The Morgan fingerprint density at radius 3 is 2.71 bits per heavy atom. The Hall–Kier alpha value is -2.31. The van der Waals surface area contributed by atoms with Gasteiger partial charge in [0.25, 0.3) is 6.33 Å². The third-order valence-electron chi connectivity index (χ3n) is 5.23. The SMILES string of the molecule is Cc1c2c(cc3ccccc13)P(C)c1cccc3nc[n+](C)c-2c13. The molecule has 1 aromatic heterocycles. The first-order valence-electron chi connectivity index (χ1n) is 8.20. The fourth-order valence-corrected chi connectivity index (χ4v) is 6.11. The molecule has 0 bridgehead atoms. The lowest BCUT2D eigenvalue weighted by molar-refractivity contribution is -0.662. The van der Waals surface area contributed by atoms with E-state index < -0.39 is 0 Å². The average molecular weight is 329 g/mol. The molecule has 2 nitrogen and oxygen atoms in total. The molecule has 0 fully saturated rings. The van der Waals surface area contributed by atoms with Crippen LogP contribution in [-0.2, 0) is 7.05 Å². The number of nitrogens with zero attached hydrogens (tertiary/aromatic N) is 2. The summed E-state index contributed by atoms with van der Waals surface area (Å²) in [5.74, 6) is 0. The van der Waals surface area contributed by atoms with E-state index in [0.29, 0.717) is 0 Å². The molecule has 0 aliphatic carbocycles. The topological polar surface area (TPSA) is 16.8 Å². The molecule has 1 unspecified atom stereocenters. The molecule has 1 aliphatic rings. The Balaban J connectivity index is 2.06. The maximum Gasteiger partial charge on any atom is 0.287 e. The molecule has 0 saturated carbocycles. The van der Waals surface area contributed by atoms with Crippen LogP contribution in [0.3, 0.4) is 0 Å². The van der Waals surface area contributed by atoms with E-state index in [1.807, 2.05) is 6.33 Å². The van der Waals surface area contributed by atoms with Crippen LogP contribution in [0.2, 0.25) is 0 Å². The van der Waals surface area contributed by atoms with Crippen molar-refractivity contribution in [3.63, 3.8) is 0 Å². The van der Waals surface area contributed by atoms with Crippen LogP contribution in [0.15, 0.2) is 54.9 Å². The second-order valence-electron chi connectivity index (χ2n) is 6.55. The van der Waals surface area contributed by atoms with E-state index in [4.69, 9.17) is 0 Å². The van der Waals surface area contributed by atoms with Crippen molar-refractivity contribution in [2.24, 2.45) is 7.05 Å². The van der Waals surface area contributed by atoms with Crippen LogP contribution in [0.5, 0.6) is 0 Å². The van der Waals surface area contributed by atoms with E-state index in [1.165, 1.54) is 43.6 Å². The van der Waals surface area contributed by atoms with Crippen LogP contribution < -0.4 is 15.2 Å². The molecule has 0 saturated heterocycles. The van der Waals surface area contributed by atoms with Crippen molar-refractivity contribution < 1.29 is 4.57 Å². The first-order valence-corrected chi connectivity index (χ1v) is 9.99. The van der Waals surface area contributed by atoms with Gasteiger partial charge < -0.3 is 0 Å². The van der Waals surface area contributed by atoms with Crippen molar-refractivity contribution in [3.8, 4) is 11.3 Å². The molecule has 5 rings (SSSR count). The third kappa shape index (κ3) is 1.70. The smallest absolute Gasteiger partial charge is 0.232 e. The van der Waals surface area contributed by atoms with Crippen LogP contribution in [0, 0.1) is 6.92 Å². The monoisotopic (exact) mass is 329 g/mol. The van der Waals surface area contributed by atoms with Crippen molar-refractivity contribution in [2.75, 3.05) is 6.66 Å². The predicted molar refractivity (Wildman–Crippen MR) is 103 cm³/mol. The van der Waals surface area contributed by atoms with Crippen molar-refractivity contribution in [2.45, 2.75) is 6.92 Å². The summed E-state index contributed by atoms with van der Waals surface area (Å²) in [5.41, 5.74) is 5.22. The summed E-state index contributed by atoms with van der Waals surface area (Å²) in [7, 11) is 1.74. The molecule has 24 heavy (non-hydrogen) atoms. The standard InChI is InChI=1S/C21H18N2P/c1-13-15-8-5-4-7-14(15)11-18-19(13)21-20-16(22-12-23(21)2)9-6-10-17(20)24(18)3/h4-12H,1-3H3/q+1. The zero-order chi connectivity index (χ0) is 16.4. The third-order valence-corrected chi connectivity index (χ3v) is 7.40. The fraction of sp³-hybridized carbons (Fsp3) is 0.143. The molecule has 0 radical (unpaired) electrons. The molecule has 4 aromatic rings. The number of aryl methyl sites for hydroxylation is 2.